The molecule has 0 saturated carbocycles. The molecule has 160 valence electrons. The Morgan fingerprint density at radius 3 is 2.73 bits per heavy atom. The lowest BCUT2D eigenvalue weighted by molar-refractivity contribution is 0.339. The van der Waals surface area contributed by atoms with Crippen LogP contribution in [-0.2, 0) is 6.42 Å². The molecule has 1 saturated heterocycles. The van der Waals surface area contributed by atoms with Crippen LogP contribution in [0.3, 0.4) is 0 Å². The molecule has 2 aromatic rings. The van der Waals surface area contributed by atoms with E-state index < -0.39 is 0 Å². The first-order valence-corrected chi connectivity index (χ1v) is 11.8. The van der Waals surface area contributed by atoms with Crippen molar-refractivity contribution >= 4 is 35.1 Å². The molecule has 0 spiro atoms. The number of fused-ring (bicyclic) bond motifs is 1. The van der Waals surface area contributed by atoms with E-state index in [0.29, 0.717) is 0 Å². The fourth-order valence-electron chi connectivity index (χ4n) is 3.68. The van der Waals surface area contributed by atoms with Crippen molar-refractivity contribution in [3.05, 3.63) is 53.0 Å². The Bertz CT molecular complexity index is 938. The number of aliphatic imine (C=N–C) groups is 2. The molecule has 3 rings (SSSR count). The van der Waals surface area contributed by atoms with Crippen LogP contribution in [0.4, 0.5) is 0 Å². The third-order valence-corrected chi connectivity index (χ3v) is 6.11. The molecular formula is C24H33N5S. The lowest BCUT2D eigenvalue weighted by atomic mass is 10.1. The van der Waals surface area contributed by atoms with E-state index in [-0.39, 0.29) is 0 Å². The first-order valence-electron chi connectivity index (χ1n) is 10.9. The number of guanidine groups is 1. The Balaban J connectivity index is 1.78. The van der Waals surface area contributed by atoms with Crippen LogP contribution in [0.1, 0.15) is 63.8 Å². The number of nitrogens with zero attached hydrogens (tertiary/aromatic N) is 5. The van der Waals surface area contributed by atoms with Gasteiger partial charge in [0, 0.05) is 36.8 Å². The maximum atomic E-state index is 4.88. The van der Waals surface area contributed by atoms with E-state index >= 15 is 0 Å². The molecule has 0 radical (unpaired) electrons. The number of hydrogen-bond acceptors (Lipinski definition) is 3. The van der Waals surface area contributed by atoms with Gasteiger partial charge in [-0.25, -0.2) is 15.0 Å². The van der Waals surface area contributed by atoms with Crippen LogP contribution in [0.2, 0.25) is 0 Å². The summed E-state index contributed by atoms with van der Waals surface area (Å²) >= 11 is 1.67. The highest BCUT2D eigenvalue weighted by atomic mass is 32.1. The molecule has 1 aliphatic heterocycles. The van der Waals surface area contributed by atoms with E-state index in [1.54, 1.807) is 11.3 Å². The van der Waals surface area contributed by atoms with Gasteiger partial charge in [-0.2, -0.15) is 0 Å². The van der Waals surface area contributed by atoms with E-state index in [9.17, 15) is 0 Å². The second kappa shape index (κ2) is 11.6. The summed E-state index contributed by atoms with van der Waals surface area (Å²) in [6, 6.07) is 0. The molecule has 2 aromatic heterocycles. The first kappa shape index (κ1) is 22.2. The molecule has 3 heterocycles. The highest BCUT2D eigenvalue weighted by Gasteiger charge is 2.16. The van der Waals surface area contributed by atoms with Gasteiger partial charge in [0.15, 0.2) is 4.96 Å². The minimum Gasteiger partial charge on any atom is -0.341 e. The monoisotopic (exact) mass is 423 g/mol. The van der Waals surface area contributed by atoms with Crippen molar-refractivity contribution in [2.45, 2.75) is 58.8 Å². The van der Waals surface area contributed by atoms with Crippen molar-refractivity contribution in [2.75, 3.05) is 13.1 Å². The third-order valence-electron chi connectivity index (χ3n) is 5.35. The van der Waals surface area contributed by atoms with Crippen molar-refractivity contribution in [3.8, 4) is 0 Å². The zero-order valence-corrected chi connectivity index (χ0v) is 19.1. The summed E-state index contributed by atoms with van der Waals surface area (Å²) < 4.78 is 2.19. The van der Waals surface area contributed by atoms with Crippen LogP contribution in [0.15, 0.2) is 51.6 Å². The second-order valence-electron chi connectivity index (χ2n) is 7.48. The average molecular weight is 424 g/mol. The van der Waals surface area contributed by atoms with Gasteiger partial charge in [0.2, 0.25) is 5.96 Å². The normalized spacial score (nSPS) is 16.4. The third kappa shape index (κ3) is 5.79. The summed E-state index contributed by atoms with van der Waals surface area (Å²) in [4.78, 5) is 17.2. The standard InChI is InChI=1S/C24H33N5S/c1-4-6-7-8-9-11-14-21-22(29-17-18-30-24(29)27-21)19-20(5-2)26-23(25-3)28-15-12-10-13-16-28/h4-6,11,14,17-18H,3,7-10,12-13,15-16,19H2,1-2H3/b6-4-,14-11+,20-5-,26-23?. The molecule has 5 nitrogen and oxygen atoms in total. The molecule has 0 amide bonds. The number of aromatic nitrogens is 2. The predicted octanol–water partition coefficient (Wildman–Crippen LogP) is 6.14. The zero-order chi connectivity index (χ0) is 21.2. The number of unbranched alkanes of at least 4 members (excludes halogenated alkanes) is 2. The summed E-state index contributed by atoms with van der Waals surface area (Å²) in [6.07, 6.45) is 20.6. The largest absolute Gasteiger partial charge is 0.341 e. The van der Waals surface area contributed by atoms with Crippen molar-refractivity contribution in [1.29, 1.82) is 0 Å². The molecule has 0 unspecified atom stereocenters. The Morgan fingerprint density at radius 2 is 2.00 bits per heavy atom. The van der Waals surface area contributed by atoms with Crippen molar-refractivity contribution < 1.29 is 0 Å². The van der Waals surface area contributed by atoms with Crippen LogP contribution in [-0.4, -0.2) is 40.1 Å². The van der Waals surface area contributed by atoms with Gasteiger partial charge in [0.1, 0.15) is 0 Å². The highest BCUT2D eigenvalue weighted by Crippen LogP contribution is 2.23. The number of likely N-dealkylation sites (tertiary alicyclic amines) is 1. The molecule has 0 N–H and O–H groups in total. The van der Waals surface area contributed by atoms with Crippen molar-refractivity contribution in [1.82, 2.24) is 14.3 Å². The van der Waals surface area contributed by atoms with E-state index in [1.807, 2.05) is 6.92 Å². The molecule has 1 fully saturated rings. The lowest BCUT2D eigenvalue weighted by Gasteiger charge is -2.27. The Kier molecular flexibility index (Phi) is 8.63. The minimum atomic E-state index is 0.722. The van der Waals surface area contributed by atoms with Crippen LogP contribution >= 0.6 is 11.3 Å². The van der Waals surface area contributed by atoms with E-state index in [4.69, 9.17) is 9.98 Å². The molecule has 1 aliphatic rings. The van der Waals surface area contributed by atoms with Gasteiger partial charge in [-0.1, -0.05) is 24.3 Å². The summed E-state index contributed by atoms with van der Waals surface area (Å²) in [7, 11) is 0. The second-order valence-corrected chi connectivity index (χ2v) is 8.35. The zero-order valence-electron chi connectivity index (χ0n) is 18.3. The Morgan fingerprint density at radius 1 is 1.20 bits per heavy atom. The van der Waals surface area contributed by atoms with Crippen LogP contribution < -0.4 is 0 Å². The first-order chi connectivity index (χ1) is 14.8. The average Bonchev–Trinajstić information content (AvgIpc) is 3.36. The van der Waals surface area contributed by atoms with Gasteiger partial charge in [-0.3, -0.25) is 4.40 Å². The molecule has 0 bridgehead atoms. The number of allylic oxidation sites excluding steroid dienone is 5. The van der Waals surface area contributed by atoms with Gasteiger partial charge in [0.05, 0.1) is 11.4 Å². The maximum absolute atomic E-state index is 4.88. The summed E-state index contributed by atoms with van der Waals surface area (Å²) in [5.74, 6) is 0.745. The van der Waals surface area contributed by atoms with Crippen molar-refractivity contribution in [2.24, 2.45) is 9.98 Å². The van der Waals surface area contributed by atoms with E-state index in [1.165, 1.54) is 25.0 Å². The number of rotatable bonds is 8. The Hall–Kier alpha value is -2.47. The highest BCUT2D eigenvalue weighted by molar-refractivity contribution is 7.15. The summed E-state index contributed by atoms with van der Waals surface area (Å²) in [5.41, 5.74) is 3.21. The maximum Gasteiger partial charge on any atom is 0.224 e. The molecule has 0 aliphatic carbocycles. The quantitative estimate of drug-likeness (QED) is 0.221. The van der Waals surface area contributed by atoms with Gasteiger partial charge in [0.25, 0.3) is 0 Å². The molecule has 6 heteroatoms. The smallest absolute Gasteiger partial charge is 0.224 e. The Labute approximate surface area is 184 Å². The van der Waals surface area contributed by atoms with Gasteiger partial charge in [-0.15, -0.1) is 11.3 Å². The molecule has 0 atom stereocenters. The van der Waals surface area contributed by atoms with Gasteiger partial charge >= 0.3 is 0 Å². The topological polar surface area (TPSA) is 45.3 Å². The minimum absolute atomic E-state index is 0.722. The van der Waals surface area contributed by atoms with Gasteiger partial charge < -0.3 is 4.90 Å². The van der Waals surface area contributed by atoms with E-state index in [2.05, 4.69) is 69.9 Å². The number of hydrogen-bond donors (Lipinski definition) is 0. The van der Waals surface area contributed by atoms with Gasteiger partial charge in [-0.05, 0) is 65.2 Å². The molecule has 30 heavy (non-hydrogen) atoms. The predicted molar refractivity (Wildman–Crippen MR) is 131 cm³/mol. The van der Waals surface area contributed by atoms with E-state index in [0.717, 1.165) is 61.1 Å². The molecular weight excluding hydrogens is 390 g/mol. The lowest BCUT2D eigenvalue weighted by Crippen LogP contribution is -2.34. The summed E-state index contributed by atoms with van der Waals surface area (Å²) in [6.45, 7) is 9.90. The molecule has 0 aromatic carbocycles. The van der Waals surface area contributed by atoms with Crippen LogP contribution in [0.25, 0.3) is 11.0 Å². The number of imidazole rings is 1. The fraction of sp³-hybridized carbons (Fsp3) is 0.458. The summed E-state index contributed by atoms with van der Waals surface area (Å²) in [5, 5.41) is 2.08. The number of thiazole rings is 1. The fourth-order valence-corrected chi connectivity index (χ4v) is 4.42. The SMILES string of the molecule is C=NC(=N/C(=C\C)Cc1c(/C=C/CCC/C=C\C)nc2sccn12)N1CCCCC1. The van der Waals surface area contributed by atoms with Crippen LogP contribution in [0, 0.1) is 0 Å². The van der Waals surface area contributed by atoms with Crippen LogP contribution in [0.5, 0.6) is 0 Å². The number of piperidine rings is 1. The van der Waals surface area contributed by atoms with Crippen molar-refractivity contribution in [3.63, 3.8) is 0 Å².